The second kappa shape index (κ2) is 72.3. The second-order valence-electron chi connectivity index (χ2n) is 30.5. The minimum atomic E-state index is -4.96. The molecule has 0 aromatic rings. The highest BCUT2D eigenvalue weighted by Crippen LogP contribution is 2.45. The Morgan fingerprint density at radius 3 is 0.752 bits per heavy atom. The molecule has 3 N–H and O–H groups in total. The van der Waals surface area contributed by atoms with Crippen LogP contribution >= 0.6 is 15.6 Å². The van der Waals surface area contributed by atoms with Crippen LogP contribution in [-0.2, 0) is 65.4 Å². The van der Waals surface area contributed by atoms with Gasteiger partial charge in [-0.1, -0.05) is 376 Å². The number of aliphatic hydroxyl groups is 1. The topological polar surface area (TPSA) is 237 Å². The third-order valence-electron chi connectivity index (χ3n) is 19.9. The molecule has 0 aromatic carbocycles. The summed E-state index contributed by atoms with van der Waals surface area (Å²) < 4.78 is 68.7. The van der Waals surface area contributed by atoms with E-state index in [0.29, 0.717) is 25.7 Å². The zero-order chi connectivity index (χ0) is 74.4. The lowest BCUT2D eigenvalue weighted by Crippen LogP contribution is -2.30. The van der Waals surface area contributed by atoms with E-state index in [1.807, 2.05) is 0 Å². The van der Waals surface area contributed by atoms with E-state index >= 15 is 0 Å². The predicted octanol–water partition coefficient (Wildman–Crippen LogP) is 24.5. The molecule has 0 aliphatic rings. The molecule has 0 saturated heterocycles. The summed E-state index contributed by atoms with van der Waals surface area (Å²) in [6, 6.07) is 0. The Morgan fingerprint density at radius 2 is 0.505 bits per heavy atom. The summed E-state index contributed by atoms with van der Waals surface area (Å²) >= 11 is 0. The molecule has 0 heterocycles. The molecule has 17 nitrogen and oxygen atoms in total. The van der Waals surface area contributed by atoms with Gasteiger partial charge in [-0.15, -0.1) is 0 Å². The maximum atomic E-state index is 13.1. The molecule has 0 aromatic heterocycles. The van der Waals surface area contributed by atoms with Gasteiger partial charge in [0.05, 0.1) is 26.4 Å². The number of hydrogen-bond donors (Lipinski definition) is 3. The van der Waals surface area contributed by atoms with Gasteiger partial charge in [-0.25, -0.2) is 9.13 Å². The monoisotopic (exact) mass is 1480 g/mol. The van der Waals surface area contributed by atoms with Crippen molar-refractivity contribution in [3.63, 3.8) is 0 Å². The highest BCUT2D eigenvalue weighted by Gasteiger charge is 2.30. The van der Waals surface area contributed by atoms with Gasteiger partial charge in [0.2, 0.25) is 0 Å². The first-order valence-corrected chi connectivity index (χ1v) is 45.4. The van der Waals surface area contributed by atoms with Crippen LogP contribution in [0.1, 0.15) is 427 Å². The number of carbonyl (C=O) groups is 4. The molecule has 600 valence electrons. The van der Waals surface area contributed by atoms with Gasteiger partial charge < -0.3 is 33.8 Å². The number of carbonyl (C=O) groups excluding carboxylic acids is 4. The average Bonchev–Trinajstić information content (AvgIpc) is 0.940. The van der Waals surface area contributed by atoms with Crippen molar-refractivity contribution in [2.45, 2.75) is 446 Å². The highest BCUT2D eigenvalue weighted by molar-refractivity contribution is 7.47. The van der Waals surface area contributed by atoms with Gasteiger partial charge >= 0.3 is 39.5 Å². The van der Waals surface area contributed by atoms with Crippen LogP contribution in [0.15, 0.2) is 0 Å². The number of phosphoric acid groups is 2. The molecule has 0 radical (unpaired) electrons. The number of unbranched alkanes of at least 4 members (excludes halogenated alkanes) is 46. The standard InChI is InChI=1S/C82H160O17P2/c1-8-11-12-13-14-15-16-17-18-19-20-21-22-23-26-30-33-36-42-51-58-65-81(86)98-77(69-92-79(84)63-56-49-41-35-32-29-27-24-25-28-31-34-39-46-53-60-73(4)5)71-96-100(88,89)94-67-76(83)68-95-101(90,91)97-72-78(70-93-80(85)64-57-50-45-44-48-55-62-75(7)10-3)99-82(87)66-59-52-43-38-37-40-47-54-61-74(6)9-2/h73-78,83H,8-72H2,1-7H3,(H,88,89)(H,90,91)/t74?,75?,76-,77-,78-/m1/s1. The van der Waals surface area contributed by atoms with Gasteiger partial charge in [0.15, 0.2) is 12.2 Å². The smallest absolute Gasteiger partial charge is 0.462 e. The second-order valence-corrected chi connectivity index (χ2v) is 33.4. The third-order valence-corrected chi connectivity index (χ3v) is 21.8. The van der Waals surface area contributed by atoms with Crippen LogP contribution in [-0.4, -0.2) is 96.7 Å². The molecule has 101 heavy (non-hydrogen) atoms. The number of esters is 4. The Labute approximate surface area is 619 Å². The largest absolute Gasteiger partial charge is 0.472 e. The summed E-state index contributed by atoms with van der Waals surface area (Å²) in [4.78, 5) is 73.0. The number of phosphoric ester groups is 2. The van der Waals surface area contributed by atoms with E-state index in [2.05, 4.69) is 48.5 Å². The van der Waals surface area contributed by atoms with Crippen molar-refractivity contribution >= 4 is 39.5 Å². The number of aliphatic hydroxyl groups excluding tert-OH is 1. The zero-order valence-corrected chi connectivity index (χ0v) is 68.2. The summed E-state index contributed by atoms with van der Waals surface area (Å²) in [5, 5.41) is 10.6. The van der Waals surface area contributed by atoms with Crippen molar-refractivity contribution in [1.29, 1.82) is 0 Å². The molecule has 0 rings (SSSR count). The van der Waals surface area contributed by atoms with Crippen LogP contribution < -0.4 is 0 Å². The molecule has 4 unspecified atom stereocenters. The molecule has 0 spiro atoms. The SMILES string of the molecule is CCCCCCCCCCCCCCCCCCCCCCCC(=O)O[C@H](COC(=O)CCCCCCCCCCCCCCCCCC(C)C)COP(=O)(O)OC[C@@H](O)COP(=O)(O)OC[C@@H](COC(=O)CCCCCCCCC(C)CC)OC(=O)CCCCCCCCCCC(C)CC. The number of rotatable bonds is 80. The lowest BCUT2D eigenvalue weighted by molar-refractivity contribution is -0.161. The first-order valence-electron chi connectivity index (χ1n) is 42.4. The van der Waals surface area contributed by atoms with Gasteiger partial charge in [-0.3, -0.25) is 37.3 Å². The summed E-state index contributed by atoms with van der Waals surface area (Å²) in [6.45, 7) is 11.9. The van der Waals surface area contributed by atoms with Crippen LogP contribution in [0.25, 0.3) is 0 Å². The van der Waals surface area contributed by atoms with Gasteiger partial charge in [-0.2, -0.15) is 0 Å². The summed E-state index contributed by atoms with van der Waals surface area (Å²) in [7, 11) is -9.92. The fraction of sp³-hybridized carbons (Fsp3) is 0.951. The molecular formula is C82H160O17P2. The predicted molar refractivity (Wildman–Crippen MR) is 414 cm³/mol. The van der Waals surface area contributed by atoms with E-state index < -0.39 is 97.5 Å². The minimum absolute atomic E-state index is 0.104. The van der Waals surface area contributed by atoms with Crippen LogP contribution in [0, 0.1) is 17.8 Å². The lowest BCUT2D eigenvalue weighted by Gasteiger charge is -2.21. The van der Waals surface area contributed by atoms with Gasteiger partial charge in [0, 0.05) is 25.7 Å². The van der Waals surface area contributed by atoms with E-state index in [-0.39, 0.29) is 25.7 Å². The van der Waals surface area contributed by atoms with Gasteiger partial charge in [0.25, 0.3) is 0 Å². The van der Waals surface area contributed by atoms with E-state index in [4.69, 9.17) is 37.0 Å². The average molecular weight is 1480 g/mol. The maximum absolute atomic E-state index is 13.1. The zero-order valence-electron chi connectivity index (χ0n) is 66.4. The normalized spacial score (nSPS) is 14.5. The number of ether oxygens (including phenoxy) is 4. The summed E-state index contributed by atoms with van der Waals surface area (Å²) in [6.07, 6.45) is 61.2. The lowest BCUT2D eigenvalue weighted by atomic mass is 9.99. The molecule has 0 amide bonds. The Hall–Kier alpha value is -1.94. The Kier molecular flexibility index (Phi) is 70.9. The highest BCUT2D eigenvalue weighted by atomic mass is 31.2. The van der Waals surface area contributed by atoms with Crippen molar-refractivity contribution in [3.05, 3.63) is 0 Å². The quantitative estimate of drug-likeness (QED) is 0.0222. The van der Waals surface area contributed by atoms with Crippen molar-refractivity contribution in [2.24, 2.45) is 17.8 Å². The van der Waals surface area contributed by atoms with Gasteiger partial charge in [0.1, 0.15) is 19.3 Å². The molecule has 19 heteroatoms. The van der Waals surface area contributed by atoms with E-state index in [0.717, 1.165) is 114 Å². The maximum Gasteiger partial charge on any atom is 0.472 e. The Balaban J connectivity index is 5.22. The molecule has 0 aliphatic heterocycles. The van der Waals surface area contributed by atoms with Gasteiger partial charge in [-0.05, 0) is 43.4 Å². The molecule has 0 aliphatic carbocycles. The van der Waals surface area contributed by atoms with Crippen LogP contribution in [0.4, 0.5) is 0 Å². The first-order chi connectivity index (χ1) is 48.8. The van der Waals surface area contributed by atoms with Crippen molar-refractivity contribution < 1.29 is 80.2 Å². The minimum Gasteiger partial charge on any atom is -0.462 e. The fourth-order valence-electron chi connectivity index (χ4n) is 12.6. The molecule has 0 fully saturated rings. The summed E-state index contributed by atoms with van der Waals surface area (Å²) in [5.74, 6) is 0.193. The van der Waals surface area contributed by atoms with Crippen LogP contribution in [0.2, 0.25) is 0 Å². The van der Waals surface area contributed by atoms with Crippen LogP contribution in [0.5, 0.6) is 0 Å². The van der Waals surface area contributed by atoms with E-state index in [1.165, 1.54) is 231 Å². The molecular weight excluding hydrogens is 1320 g/mol. The van der Waals surface area contributed by atoms with E-state index in [1.54, 1.807) is 0 Å². The third kappa shape index (κ3) is 73.4. The Bertz CT molecular complexity index is 1960. The van der Waals surface area contributed by atoms with Crippen LogP contribution in [0.3, 0.4) is 0 Å². The van der Waals surface area contributed by atoms with Crippen molar-refractivity contribution in [1.82, 2.24) is 0 Å². The van der Waals surface area contributed by atoms with Crippen molar-refractivity contribution in [3.8, 4) is 0 Å². The Morgan fingerprint density at radius 1 is 0.287 bits per heavy atom. The molecule has 0 saturated carbocycles. The summed E-state index contributed by atoms with van der Waals surface area (Å²) in [5.41, 5.74) is 0. The molecule has 7 atom stereocenters. The first kappa shape index (κ1) is 99.1. The van der Waals surface area contributed by atoms with Crippen molar-refractivity contribution in [2.75, 3.05) is 39.6 Å². The molecule has 0 bridgehead atoms. The number of hydrogen-bond acceptors (Lipinski definition) is 15. The fourth-order valence-corrected chi connectivity index (χ4v) is 14.2. The van der Waals surface area contributed by atoms with E-state index in [9.17, 15) is 43.2 Å².